The summed E-state index contributed by atoms with van der Waals surface area (Å²) in [6, 6.07) is 0. The van der Waals surface area contributed by atoms with Gasteiger partial charge in [-0.2, -0.15) is 0 Å². The molecule has 0 heterocycles. The molecule has 0 saturated heterocycles. The Morgan fingerprint density at radius 1 is 1.50 bits per heavy atom. The Morgan fingerprint density at radius 3 is 2.70 bits per heavy atom. The van der Waals surface area contributed by atoms with Crippen LogP contribution in [-0.4, -0.2) is 25.7 Å². The molecule has 4 nitrogen and oxygen atoms in total. The van der Waals surface area contributed by atoms with E-state index in [0.717, 1.165) is 0 Å². The molecule has 0 aliphatic carbocycles. The quantitative estimate of drug-likeness (QED) is 0.333. The van der Waals surface area contributed by atoms with E-state index in [0.29, 0.717) is 12.9 Å². The second kappa shape index (κ2) is 6.07. The average Bonchev–Trinajstić information content (AvgIpc) is 1.89. The summed E-state index contributed by atoms with van der Waals surface area (Å²) < 4.78 is 8.84. The first kappa shape index (κ1) is 8.94. The Hall–Kier alpha value is -1.06. The molecule has 0 saturated carbocycles. The molecule has 0 radical (unpaired) electrons. The van der Waals surface area contributed by atoms with Crippen LogP contribution >= 0.6 is 0 Å². The predicted octanol–water partition coefficient (Wildman–Crippen LogP) is 0.749. The van der Waals surface area contributed by atoms with Gasteiger partial charge in [-0.15, -0.1) is 0 Å². The molecule has 0 amide bonds. The molecule has 0 aliphatic rings. The maximum absolute atomic E-state index is 10.4. The van der Waals surface area contributed by atoms with Crippen LogP contribution in [0.3, 0.4) is 0 Å². The van der Waals surface area contributed by atoms with Crippen LogP contribution in [0.25, 0.3) is 0 Å². The Labute approximate surface area is 59.1 Å². The van der Waals surface area contributed by atoms with Gasteiger partial charge in [0.2, 0.25) is 0 Å². The lowest BCUT2D eigenvalue weighted by atomic mass is 10.5. The summed E-state index contributed by atoms with van der Waals surface area (Å²) in [6.07, 6.45) is 0.183. The minimum atomic E-state index is -0.718. The van der Waals surface area contributed by atoms with Gasteiger partial charge >= 0.3 is 6.16 Å². The Morgan fingerprint density at radius 2 is 2.20 bits per heavy atom. The van der Waals surface area contributed by atoms with Gasteiger partial charge in [0.05, 0.1) is 6.61 Å². The van der Waals surface area contributed by atoms with Crippen LogP contribution in [0, 0.1) is 0 Å². The van der Waals surface area contributed by atoms with Crippen LogP contribution in [0.5, 0.6) is 0 Å². The lowest BCUT2D eigenvalue weighted by Gasteiger charge is -2.00. The average molecular weight is 146 g/mol. The van der Waals surface area contributed by atoms with Gasteiger partial charge in [-0.05, 0) is 6.92 Å². The predicted molar refractivity (Wildman–Crippen MR) is 33.7 cm³/mol. The number of carbonyl (C=O) groups excluding carboxylic acids is 2. The fraction of sp³-hybridized carbons (Fsp3) is 0.667. The Bertz CT molecular complexity index is 110. The Balaban J connectivity index is 3.13. The van der Waals surface area contributed by atoms with Gasteiger partial charge in [0, 0.05) is 6.42 Å². The van der Waals surface area contributed by atoms with Gasteiger partial charge in [0.1, 0.15) is 12.9 Å². The van der Waals surface area contributed by atoms with Gasteiger partial charge in [-0.25, -0.2) is 4.79 Å². The van der Waals surface area contributed by atoms with Crippen molar-refractivity contribution < 1.29 is 19.1 Å². The van der Waals surface area contributed by atoms with Crippen molar-refractivity contribution in [1.29, 1.82) is 0 Å². The molecule has 0 fully saturated rings. The number of aldehydes is 1. The maximum Gasteiger partial charge on any atom is 0.508 e. The van der Waals surface area contributed by atoms with Crippen LogP contribution in [-0.2, 0) is 14.3 Å². The molecule has 0 N–H and O–H groups in total. The monoisotopic (exact) mass is 146 g/mol. The fourth-order valence-electron chi connectivity index (χ4n) is 0.350. The minimum absolute atomic E-state index is 0.0995. The number of ether oxygens (including phenoxy) is 2. The summed E-state index contributed by atoms with van der Waals surface area (Å²) >= 11 is 0. The zero-order chi connectivity index (χ0) is 7.82. The van der Waals surface area contributed by atoms with Crippen LogP contribution in [0.15, 0.2) is 0 Å². The summed E-state index contributed by atoms with van der Waals surface area (Å²) in [7, 11) is 0. The van der Waals surface area contributed by atoms with Gasteiger partial charge in [0.25, 0.3) is 0 Å². The Kier molecular flexibility index (Phi) is 5.42. The molecule has 0 aromatic rings. The molecule has 0 bridgehead atoms. The molecule has 0 aliphatic heterocycles. The minimum Gasteiger partial charge on any atom is -0.435 e. The van der Waals surface area contributed by atoms with E-state index in [-0.39, 0.29) is 13.0 Å². The first-order valence-corrected chi connectivity index (χ1v) is 3.04. The van der Waals surface area contributed by atoms with E-state index in [9.17, 15) is 9.59 Å². The van der Waals surface area contributed by atoms with E-state index >= 15 is 0 Å². The third-order valence-corrected chi connectivity index (χ3v) is 0.718. The molecule has 58 valence electrons. The van der Waals surface area contributed by atoms with Crippen molar-refractivity contribution in [3.63, 3.8) is 0 Å². The second-order valence-electron chi connectivity index (χ2n) is 1.49. The van der Waals surface area contributed by atoms with Crippen molar-refractivity contribution in [3.8, 4) is 0 Å². The van der Waals surface area contributed by atoms with Crippen molar-refractivity contribution in [3.05, 3.63) is 0 Å². The lowest BCUT2D eigenvalue weighted by Crippen LogP contribution is -2.07. The number of rotatable bonds is 4. The molecular formula is C6H10O4. The molecular weight excluding hydrogens is 136 g/mol. The largest absolute Gasteiger partial charge is 0.508 e. The zero-order valence-corrected chi connectivity index (χ0v) is 5.83. The van der Waals surface area contributed by atoms with Crippen molar-refractivity contribution in [2.75, 3.05) is 13.2 Å². The zero-order valence-electron chi connectivity index (χ0n) is 5.83. The van der Waals surface area contributed by atoms with E-state index in [2.05, 4.69) is 9.47 Å². The standard InChI is InChI=1S/C6H10O4/c1-2-9-6(8)10-5-3-4-7/h4H,2-3,5H2,1H3. The van der Waals surface area contributed by atoms with Crippen LogP contribution in [0.2, 0.25) is 0 Å². The normalized spacial score (nSPS) is 8.50. The number of carbonyl (C=O) groups is 2. The van der Waals surface area contributed by atoms with Crippen molar-refractivity contribution in [2.24, 2.45) is 0 Å². The summed E-state index contributed by atoms with van der Waals surface area (Å²) in [4.78, 5) is 20.1. The number of hydrogen-bond donors (Lipinski definition) is 0. The molecule has 0 spiro atoms. The van der Waals surface area contributed by atoms with Crippen molar-refractivity contribution >= 4 is 12.4 Å². The highest BCUT2D eigenvalue weighted by atomic mass is 16.7. The van der Waals surface area contributed by atoms with E-state index in [1.165, 1.54) is 0 Å². The van der Waals surface area contributed by atoms with Gasteiger partial charge in [0.15, 0.2) is 0 Å². The summed E-state index contributed by atoms with van der Waals surface area (Å²) in [5.41, 5.74) is 0. The third-order valence-electron chi connectivity index (χ3n) is 0.718. The van der Waals surface area contributed by atoms with E-state index in [1.807, 2.05) is 0 Å². The van der Waals surface area contributed by atoms with Gasteiger partial charge in [-0.1, -0.05) is 0 Å². The molecule has 0 unspecified atom stereocenters. The van der Waals surface area contributed by atoms with Crippen LogP contribution < -0.4 is 0 Å². The van der Waals surface area contributed by atoms with E-state index in [1.54, 1.807) is 6.92 Å². The third kappa shape index (κ3) is 5.08. The first-order valence-electron chi connectivity index (χ1n) is 3.04. The summed E-state index contributed by atoms with van der Waals surface area (Å²) in [6.45, 7) is 2.07. The fourth-order valence-corrected chi connectivity index (χ4v) is 0.350. The maximum atomic E-state index is 10.4. The molecule has 10 heavy (non-hydrogen) atoms. The highest BCUT2D eigenvalue weighted by Gasteiger charge is 1.99. The molecule has 0 aromatic carbocycles. The van der Waals surface area contributed by atoms with Crippen molar-refractivity contribution in [2.45, 2.75) is 13.3 Å². The smallest absolute Gasteiger partial charge is 0.435 e. The SMILES string of the molecule is CCOC(=O)OCCC=O. The number of hydrogen-bond acceptors (Lipinski definition) is 4. The molecule has 0 aromatic heterocycles. The first-order chi connectivity index (χ1) is 4.81. The highest BCUT2D eigenvalue weighted by Crippen LogP contribution is 1.85. The van der Waals surface area contributed by atoms with Crippen LogP contribution in [0.4, 0.5) is 4.79 Å². The molecule has 4 heteroatoms. The summed E-state index contributed by atoms with van der Waals surface area (Å²) in [5, 5.41) is 0. The van der Waals surface area contributed by atoms with Gasteiger partial charge in [-0.3, -0.25) is 0 Å². The van der Waals surface area contributed by atoms with Crippen LogP contribution in [0.1, 0.15) is 13.3 Å². The molecule has 0 atom stereocenters. The lowest BCUT2D eigenvalue weighted by molar-refractivity contribution is -0.108. The topological polar surface area (TPSA) is 52.6 Å². The highest BCUT2D eigenvalue weighted by molar-refractivity contribution is 5.60. The second-order valence-corrected chi connectivity index (χ2v) is 1.49. The summed E-state index contributed by atoms with van der Waals surface area (Å²) in [5.74, 6) is 0. The van der Waals surface area contributed by atoms with E-state index in [4.69, 9.17) is 0 Å². The molecule has 0 rings (SSSR count). The van der Waals surface area contributed by atoms with E-state index < -0.39 is 6.16 Å². The van der Waals surface area contributed by atoms with Gasteiger partial charge < -0.3 is 14.3 Å². The van der Waals surface area contributed by atoms with Crippen molar-refractivity contribution in [1.82, 2.24) is 0 Å².